The first-order valence-electron chi connectivity index (χ1n) is 4.89. The average molecular weight is 288 g/mol. The van der Waals surface area contributed by atoms with Crippen LogP contribution in [0.2, 0.25) is 0 Å². The van der Waals surface area contributed by atoms with Gasteiger partial charge in [0.2, 0.25) is 0 Å². The number of phenolic OH excluding ortho intramolecular Hbond substituents is 2. The second-order valence-corrected chi connectivity index (χ2v) is 4.26. The van der Waals surface area contributed by atoms with E-state index >= 15 is 0 Å². The first-order chi connectivity index (χ1) is 7.56. The van der Waals surface area contributed by atoms with Crippen LogP contribution in [0.5, 0.6) is 11.5 Å². The van der Waals surface area contributed by atoms with Gasteiger partial charge in [0, 0.05) is 18.9 Å². The van der Waals surface area contributed by atoms with Gasteiger partial charge in [0.1, 0.15) is 11.5 Å². The van der Waals surface area contributed by atoms with Gasteiger partial charge in [0.15, 0.2) is 0 Å². The fourth-order valence-corrected chi connectivity index (χ4v) is 1.55. The van der Waals surface area contributed by atoms with Gasteiger partial charge in [-0.3, -0.25) is 4.79 Å². The molecule has 1 aromatic rings. The molecule has 0 bridgehead atoms. The summed E-state index contributed by atoms with van der Waals surface area (Å²) in [6, 6.07) is 3.91. The number of alkyl halides is 1. The summed E-state index contributed by atoms with van der Waals surface area (Å²) in [6.07, 6.45) is 0.835. The van der Waals surface area contributed by atoms with E-state index in [-0.39, 0.29) is 23.0 Å². The van der Waals surface area contributed by atoms with Gasteiger partial charge in [-0.2, -0.15) is 0 Å². The standard InChI is InChI=1S/C11H14BrNO3/c1-13(6-2-5-12)11(16)9-7-8(14)3-4-10(9)15/h3-4,7,14-15H,2,5-6H2,1H3. The number of aromatic hydroxyl groups is 2. The zero-order valence-corrected chi connectivity index (χ0v) is 10.6. The van der Waals surface area contributed by atoms with Crippen molar-refractivity contribution in [3.05, 3.63) is 23.8 Å². The van der Waals surface area contributed by atoms with Crippen molar-refractivity contribution in [2.45, 2.75) is 6.42 Å². The van der Waals surface area contributed by atoms with E-state index < -0.39 is 0 Å². The van der Waals surface area contributed by atoms with Crippen LogP contribution >= 0.6 is 15.9 Å². The number of halogens is 1. The van der Waals surface area contributed by atoms with Crippen LogP contribution in [0.1, 0.15) is 16.8 Å². The Hall–Kier alpha value is -1.23. The lowest BCUT2D eigenvalue weighted by Crippen LogP contribution is -2.27. The highest BCUT2D eigenvalue weighted by atomic mass is 79.9. The quantitative estimate of drug-likeness (QED) is 0.657. The number of carbonyl (C=O) groups is 1. The molecule has 4 nitrogen and oxygen atoms in total. The van der Waals surface area contributed by atoms with Gasteiger partial charge < -0.3 is 15.1 Å². The molecule has 0 aromatic heterocycles. The van der Waals surface area contributed by atoms with E-state index in [1.165, 1.54) is 23.1 Å². The molecule has 1 rings (SSSR count). The number of hydrogen-bond acceptors (Lipinski definition) is 3. The van der Waals surface area contributed by atoms with Crippen LogP contribution in [0.4, 0.5) is 0 Å². The van der Waals surface area contributed by atoms with E-state index in [1.54, 1.807) is 7.05 Å². The van der Waals surface area contributed by atoms with Crippen molar-refractivity contribution in [3.63, 3.8) is 0 Å². The normalized spacial score (nSPS) is 10.1. The maximum atomic E-state index is 11.9. The number of nitrogens with zero attached hydrogens (tertiary/aromatic N) is 1. The number of hydrogen-bond donors (Lipinski definition) is 2. The maximum Gasteiger partial charge on any atom is 0.257 e. The SMILES string of the molecule is CN(CCCBr)C(=O)c1cc(O)ccc1O. The minimum absolute atomic E-state index is 0.0324. The molecule has 0 unspecified atom stereocenters. The molecule has 0 aliphatic heterocycles. The summed E-state index contributed by atoms with van der Waals surface area (Å²) >= 11 is 3.28. The van der Waals surface area contributed by atoms with Crippen LogP contribution in [0, 0.1) is 0 Å². The van der Waals surface area contributed by atoms with E-state index in [1.807, 2.05) is 0 Å². The van der Waals surface area contributed by atoms with Crippen molar-refractivity contribution < 1.29 is 15.0 Å². The predicted octanol–water partition coefficient (Wildman–Crippen LogP) is 1.95. The zero-order valence-electron chi connectivity index (χ0n) is 8.98. The summed E-state index contributed by atoms with van der Waals surface area (Å²) in [7, 11) is 1.66. The molecule has 0 spiro atoms. The van der Waals surface area contributed by atoms with Crippen molar-refractivity contribution in [3.8, 4) is 11.5 Å². The number of amides is 1. The highest BCUT2D eigenvalue weighted by Crippen LogP contribution is 2.23. The first-order valence-corrected chi connectivity index (χ1v) is 6.02. The van der Waals surface area contributed by atoms with Crippen LogP contribution in [0.3, 0.4) is 0 Å². The molecular formula is C11H14BrNO3. The number of rotatable bonds is 4. The van der Waals surface area contributed by atoms with Crippen molar-refractivity contribution in [1.29, 1.82) is 0 Å². The third-order valence-corrected chi connectivity index (χ3v) is 2.75. The molecule has 0 saturated carbocycles. The molecule has 88 valence electrons. The molecule has 0 saturated heterocycles. The molecule has 0 heterocycles. The lowest BCUT2D eigenvalue weighted by molar-refractivity contribution is 0.0792. The largest absolute Gasteiger partial charge is 0.508 e. The maximum absolute atomic E-state index is 11.9. The summed E-state index contributed by atoms with van der Waals surface area (Å²) in [5.41, 5.74) is 0.122. The Morgan fingerprint density at radius 2 is 2.12 bits per heavy atom. The smallest absolute Gasteiger partial charge is 0.257 e. The Kier molecular flexibility index (Phi) is 4.61. The second-order valence-electron chi connectivity index (χ2n) is 3.47. The Balaban J connectivity index is 2.83. The molecule has 1 aromatic carbocycles. The molecule has 0 aliphatic carbocycles. The number of phenols is 2. The van der Waals surface area contributed by atoms with E-state index in [9.17, 15) is 15.0 Å². The summed E-state index contributed by atoms with van der Waals surface area (Å²) < 4.78 is 0. The molecule has 5 heteroatoms. The third-order valence-electron chi connectivity index (χ3n) is 2.18. The third kappa shape index (κ3) is 3.13. The Morgan fingerprint density at radius 1 is 1.44 bits per heavy atom. The molecule has 0 aliphatic rings. The first kappa shape index (κ1) is 12.8. The Bertz CT molecular complexity index is 381. The van der Waals surface area contributed by atoms with Crippen LogP contribution in [0.25, 0.3) is 0 Å². The monoisotopic (exact) mass is 287 g/mol. The molecular weight excluding hydrogens is 274 g/mol. The number of benzene rings is 1. The van der Waals surface area contributed by atoms with Crippen LogP contribution < -0.4 is 0 Å². The lowest BCUT2D eigenvalue weighted by Gasteiger charge is -2.17. The van der Waals surface area contributed by atoms with Crippen LogP contribution in [-0.2, 0) is 0 Å². The highest BCUT2D eigenvalue weighted by molar-refractivity contribution is 9.09. The lowest BCUT2D eigenvalue weighted by atomic mass is 10.1. The van der Waals surface area contributed by atoms with Crippen molar-refractivity contribution in [2.24, 2.45) is 0 Å². The van der Waals surface area contributed by atoms with Gasteiger partial charge in [0.05, 0.1) is 5.56 Å². The van der Waals surface area contributed by atoms with Crippen molar-refractivity contribution in [2.75, 3.05) is 18.9 Å². The van der Waals surface area contributed by atoms with Crippen LogP contribution in [-0.4, -0.2) is 39.9 Å². The Labute approximate surface area is 103 Å². The van der Waals surface area contributed by atoms with Gasteiger partial charge >= 0.3 is 0 Å². The second kappa shape index (κ2) is 5.75. The summed E-state index contributed by atoms with van der Waals surface area (Å²) in [5, 5.41) is 19.6. The fourth-order valence-electron chi connectivity index (χ4n) is 1.30. The highest BCUT2D eigenvalue weighted by Gasteiger charge is 2.15. The fraction of sp³-hybridized carbons (Fsp3) is 0.364. The molecule has 16 heavy (non-hydrogen) atoms. The van der Waals surface area contributed by atoms with E-state index in [4.69, 9.17) is 0 Å². The molecule has 1 amide bonds. The predicted molar refractivity (Wildman–Crippen MR) is 65.1 cm³/mol. The van der Waals surface area contributed by atoms with E-state index in [2.05, 4.69) is 15.9 Å². The van der Waals surface area contributed by atoms with Crippen LogP contribution in [0.15, 0.2) is 18.2 Å². The topological polar surface area (TPSA) is 60.8 Å². The molecule has 0 fully saturated rings. The Morgan fingerprint density at radius 3 is 2.75 bits per heavy atom. The minimum Gasteiger partial charge on any atom is -0.508 e. The van der Waals surface area contributed by atoms with Gasteiger partial charge in [-0.05, 0) is 24.6 Å². The van der Waals surface area contributed by atoms with Gasteiger partial charge in [-0.15, -0.1) is 0 Å². The summed E-state index contributed by atoms with van der Waals surface area (Å²) in [4.78, 5) is 13.4. The zero-order chi connectivity index (χ0) is 12.1. The molecule has 0 atom stereocenters. The minimum atomic E-state index is -0.297. The van der Waals surface area contributed by atoms with Crippen molar-refractivity contribution in [1.82, 2.24) is 4.90 Å². The average Bonchev–Trinajstić information content (AvgIpc) is 2.28. The van der Waals surface area contributed by atoms with Gasteiger partial charge in [0.25, 0.3) is 5.91 Å². The summed E-state index contributed by atoms with van der Waals surface area (Å²) in [6.45, 7) is 0.596. The van der Waals surface area contributed by atoms with Crippen molar-refractivity contribution >= 4 is 21.8 Å². The molecule has 2 N–H and O–H groups in total. The van der Waals surface area contributed by atoms with Gasteiger partial charge in [-0.25, -0.2) is 0 Å². The van der Waals surface area contributed by atoms with E-state index in [0.29, 0.717) is 6.54 Å². The van der Waals surface area contributed by atoms with E-state index in [0.717, 1.165) is 11.8 Å². The molecule has 0 radical (unpaired) electrons. The summed E-state index contributed by atoms with van der Waals surface area (Å²) in [5.74, 6) is -0.446. The number of carbonyl (C=O) groups excluding carboxylic acids is 1. The van der Waals surface area contributed by atoms with Gasteiger partial charge in [-0.1, -0.05) is 15.9 Å².